The highest BCUT2D eigenvalue weighted by molar-refractivity contribution is 5.83. The van der Waals surface area contributed by atoms with Gasteiger partial charge in [-0.2, -0.15) is 0 Å². The van der Waals surface area contributed by atoms with Crippen molar-refractivity contribution < 1.29 is 19.8 Å². The zero-order valence-electron chi connectivity index (χ0n) is 11.0. The number of carbonyl (C=O) groups is 2. The van der Waals surface area contributed by atoms with Crippen LogP contribution >= 0.6 is 0 Å². The van der Waals surface area contributed by atoms with Crippen molar-refractivity contribution in [3.63, 3.8) is 0 Å². The van der Waals surface area contributed by atoms with E-state index in [1.54, 1.807) is 7.05 Å². The van der Waals surface area contributed by atoms with Crippen molar-refractivity contribution in [2.45, 2.75) is 18.6 Å². The molecule has 104 valence electrons. The number of urea groups is 1. The summed E-state index contributed by atoms with van der Waals surface area (Å²) in [6.07, 6.45) is -0.653. The standard InChI is InChI=1S/C11H21N3O4/c1-12(2)4-5-13(3)11(18)14-7-8(15)6-9(14)10(16)17/h8-9,15H,4-7H2,1-3H3,(H,16,17)/t8-,9-/m1/s1. The van der Waals surface area contributed by atoms with Gasteiger partial charge >= 0.3 is 12.0 Å². The number of likely N-dealkylation sites (N-methyl/N-ethyl adjacent to an activating group) is 2. The second-order valence-electron chi connectivity index (χ2n) is 4.90. The summed E-state index contributed by atoms with van der Waals surface area (Å²) < 4.78 is 0. The molecule has 0 radical (unpaired) electrons. The molecule has 0 aromatic carbocycles. The molecule has 0 bridgehead atoms. The normalized spacial score (nSPS) is 23.5. The number of likely N-dealkylation sites (tertiary alicyclic amines) is 1. The van der Waals surface area contributed by atoms with Gasteiger partial charge in [0, 0.05) is 33.1 Å². The summed E-state index contributed by atoms with van der Waals surface area (Å²) in [5.74, 6) is -1.07. The summed E-state index contributed by atoms with van der Waals surface area (Å²) in [6.45, 7) is 1.31. The molecule has 0 aliphatic carbocycles. The number of aliphatic hydroxyl groups is 1. The molecule has 0 spiro atoms. The molecule has 7 nitrogen and oxygen atoms in total. The molecule has 7 heteroatoms. The van der Waals surface area contributed by atoms with Crippen LogP contribution in [0.15, 0.2) is 0 Å². The summed E-state index contributed by atoms with van der Waals surface area (Å²) in [6, 6.07) is -1.27. The lowest BCUT2D eigenvalue weighted by molar-refractivity contribution is -0.141. The zero-order valence-corrected chi connectivity index (χ0v) is 11.0. The highest BCUT2D eigenvalue weighted by atomic mass is 16.4. The molecular formula is C11H21N3O4. The molecule has 18 heavy (non-hydrogen) atoms. The predicted octanol–water partition coefficient (Wildman–Crippen LogP) is -0.880. The second kappa shape index (κ2) is 6.01. The van der Waals surface area contributed by atoms with Crippen molar-refractivity contribution >= 4 is 12.0 Å². The van der Waals surface area contributed by atoms with Crippen LogP contribution in [-0.4, -0.2) is 89.8 Å². The Kier molecular flexibility index (Phi) is 4.92. The van der Waals surface area contributed by atoms with Gasteiger partial charge in [0.1, 0.15) is 6.04 Å². The summed E-state index contributed by atoms with van der Waals surface area (Å²) in [5, 5.41) is 18.5. The van der Waals surface area contributed by atoms with Crippen LogP contribution in [0.4, 0.5) is 4.79 Å². The highest BCUT2D eigenvalue weighted by Gasteiger charge is 2.39. The van der Waals surface area contributed by atoms with Gasteiger partial charge in [-0.05, 0) is 14.1 Å². The molecule has 0 saturated carbocycles. The van der Waals surface area contributed by atoms with E-state index in [9.17, 15) is 14.7 Å². The molecule has 0 aromatic heterocycles. The Hall–Kier alpha value is -1.34. The number of carboxylic acids is 1. The van der Waals surface area contributed by atoms with E-state index in [2.05, 4.69) is 0 Å². The topological polar surface area (TPSA) is 84.3 Å². The average molecular weight is 259 g/mol. The van der Waals surface area contributed by atoms with Gasteiger partial charge in [0.05, 0.1) is 6.10 Å². The Labute approximate surface area is 107 Å². The van der Waals surface area contributed by atoms with Gasteiger partial charge in [-0.1, -0.05) is 0 Å². The third kappa shape index (κ3) is 3.58. The number of amides is 2. The fourth-order valence-electron chi connectivity index (χ4n) is 1.92. The molecule has 1 rings (SSSR count). The Morgan fingerprint density at radius 2 is 1.89 bits per heavy atom. The molecule has 1 aliphatic rings. The van der Waals surface area contributed by atoms with Crippen LogP contribution in [0.25, 0.3) is 0 Å². The predicted molar refractivity (Wildman–Crippen MR) is 65.3 cm³/mol. The van der Waals surface area contributed by atoms with E-state index in [0.29, 0.717) is 13.1 Å². The van der Waals surface area contributed by atoms with Crippen LogP contribution in [0.5, 0.6) is 0 Å². The molecule has 0 aromatic rings. The number of carboxylic acid groups (broad SMARTS) is 1. The SMILES string of the molecule is CN(C)CCN(C)C(=O)N1C[C@H](O)C[C@@H]1C(=O)O. The van der Waals surface area contributed by atoms with Gasteiger partial charge in [-0.15, -0.1) is 0 Å². The van der Waals surface area contributed by atoms with Gasteiger partial charge in [0.15, 0.2) is 0 Å². The first kappa shape index (κ1) is 14.7. The number of β-amino-alcohol motifs (C(OH)–C–C–N with tert-alkyl or cyclic N) is 1. The third-order valence-electron chi connectivity index (χ3n) is 3.02. The van der Waals surface area contributed by atoms with Crippen LogP contribution in [0.2, 0.25) is 0 Å². The van der Waals surface area contributed by atoms with Crippen molar-refractivity contribution in [1.82, 2.24) is 14.7 Å². The summed E-state index contributed by atoms with van der Waals surface area (Å²) in [5.41, 5.74) is 0. The van der Waals surface area contributed by atoms with Crippen LogP contribution in [-0.2, 0) is 4.79 Å². The lowest BCUT2D eigenvalue weighted by atomic mass is 10.2. The van der Waals surface area contributed by atoms with E-state index in [1.807, 2.05) is 19.0 Å². The van der Waals surface area contributed by atoms with Crippen LogP contribution in [0.1, 0.15) is 6.42 Å². The molecule has 1 fully saturated rings. The molecule has 2 amide bonds. The van der Waals surface area contributed by atoms with Crippen molar-refractivity contribution in [1.29, 1.82) is 0 Å². The fraction of sp³-hybridized carbons (Fsp3) is 0.818. The molecule has 2 atom stereocenters. The maximum absolute atomic E-state index is 12.1. The van der Waals surface area contributed by atoms with Gasteiger partial charge in [0.25, 0.3) is 0 Å². The Balaban J connectivity index is 2.61. The highest BCUT2D eigenvalue weighted by Crippen LogP contribution is 2.19. The maximum Gasteiger partial charge on any atom is 0.326 e. The van der Waals surface area contributed by atoms with Crippen molar-refractivity contribution in [3.05, 3.63) is 0 Å². The second-order valence-corrected chi connectivity index (χ2v) is 4.90. The molecule has 2 N–H and O–H groups in total. The van der Waals surface area contributed by atoms with Gasteiger partial charge in [-0.25, -0.2) is 9.59 Å². The first-order valence-corrected chi connectivity index (χ1v) is 5.90. The largest absolute Gasteiger partial charge is 0.480 e. The van der Waals surface area contributed by atoms with Crippen molar-refractivity contribution in [2.24, 2.45) is 0 Å². The molecular weight excluding hydrogens is 238 g/mol. The number of carbonyl (C=O) groups excluding carboxylic acids is 1. The van der Waals surface area contributed by atoms with Gasteiger partial charge in [-0.3, -0.25) is 0 Å². The minimum atomic E-state index is -1.07. The molecule has 1 aliphatic heterocycles. The van der Waals surface area contributed by atoms with Gasteiger partial charge < -0.3 is 24.9 Å². The number of hydrogen-bond acceptors (Lipinski definition) is 4. The van der Waals surface area contributed by atoms with Gasteiger partial charge in [0.2, 0.25) is 0 Å². The molecule has 1 saturated heterocycles. The van der Waals surface area contributed by atoms with Crippen LogP contribution in [0, 0.1) is 0 Å². The minimum Gasteiger partial charge on any atom is -0.480 e. The number of nitrogens with zero attached hydrogens (tertiary/aromatic N) is 3. The molecule has 1 heterocycles. The lowest BCUT2D eigenvalue weighted by Gasteiger charge is -2.28. The Morgan fingerprint density at radius 1 is 1.28 bits per heavy atom. The van der Waals surface area contributed by atoms with Crippen LogP contribution < -0.4 is 0 Å². The van der Waals surface area contributed by atoms with Crippen LogP contribution in [0.3, 0.4) is 0 Å². The fourth-order valence-corrected chi connectivity index (χ4v) is 1.92. The van der Waals surface area contributed by atoms with E-state index in [4.69, 9.17) is 5.11 Å². The quantitative estimate of drug-likeness (QED) is 0.685. The van der Waals surface area contributed by atoms with E-state index >= 15 is 0 Å². The smallest absolute Gasteiger partial charge is 0.326 e. The maximum atomic E-state index is 12.1. The Bertz CT molecular complexity index is 321. The van der Waals surface area contributed by atoms with E-state index < -0.39 is 18.1 Å². The number of aliphatic hydroxyl groups excluding tert-OH is 1. The zero-order chi connectivity index (χ0) is 13.9. The summed E-state index contributed by atoms with van der Waals surface area (Å²) >= 11 is 0. The first-order chi connectivity index (χ1) is 8.32. The number of rotatable bonds is 4. The van der Waals surface area contributed by atoms with E-state index in [-0.39, 0.29) is 19.0 Å². The minimum absolute atomic E-state index is 0.0854. The third-order valence-corrected chi connectivity index (χ3v) is 3.02. The first-order valence-electron chi connectivity index (χ1n) is 5.90. The number of aliphatic carboxylic acids is 1. The number of hydrogen-bond donors (Lipinski definition) is 2. The average Bonchev–Trinajstić information content (AvgIpc) is 2.67. The molecule has 0 unspecified atom stereocenters. The summed E-state index contributed by atoms with van der Waals surface area (Å²) in [7, 11) is 5.44. The summed E-state index contributed by atoms with van der Waals surface area (Å²) in [4.78, 5) is 27.7. The monoisotopic (exact) mass is 259 g/mol. The lowest BCUT2D eigenvalue weighted by Crippen LogP contribution is -2.48. The van der Waals surface area contributed by atoms with E-state index in [1.165, 1.54) is 9.80 Å². The Morgan fingerprint density at radius 3 is 2.39 bits per heavy atom. The van der Waals surface area contributed by atoms with E-state index in [0.717, 1.165) is 0 Å². The van der Waals surface area contributed by atoms with Crippen molar-refractivity contribution in [2.75, 3.05) is 40.8 Å². The van der Waals surface area contributed by atoms with Crippen molar-refractivity contribution in [3.8, 4) is 0 Å².